The molecule has 0 bridgehead atoms. The number of nitrogens with one attached hydrogen (secondary N) is 2. The molecule has 1 atom stereocenters. The molecule has 1 fully saturated rings. The van der Waals surface area contributed by atoms with Crippen LogP contribution in [0.25, 0.3) is 5.76 Å². The highest BCUT2D eigenvalue weighted by Crippen LogP contribution is 2.41. The lowest BCUT2D eigenvalue weighted by atomic mass is 9.94. The lowest BCUT2D eigenvalue weighted by Gasteiger charge is -2.25. The van der Waals surface area contributed by atoms with Crippen molar-refractivity contribution in [2.75, 3.05) is 20.3 Å². The van der Waals surface area contributed by atoms with E-state index in [2.05, 4.69) is 9.97 Å². The normalized spacial score (nSPS) is 16.9. The molecule has 194 valence electrons. The predicted octanol–water partition coefficient (Wildman–Crippen LogP) is 2.94. The van der Waals surface area contributed by atoms with E-state index in [0.29, 0.717) is 54.3 Å². The van der Waals surface area contributed by atoms with Crippen molar-refractivity contribution in [1.29, 1.82) is 0 Å². The van der Waals surface area contributed by atoms with Crippen LogP contribution >= 0.6 is 0 Å². The second-order valence-electron chi connectivity index (χ2n) is 8.81. The van der Waals surface area contributed by atoms with E-state index >= 15 is 0 Å². The van der Waals surface area contributed by atoms with Gasteiger partial charge in [0.15, 0.2) is 0 Å². The van der Waals surface area contributed by atoms with E-state index < -0.39 is 23.7 Å². The minimum absolute atomic E-state index is 0.0231. The maximum absolute atomic E-state index is 13.3. The summed E-state index contributed by atoms with van der Waals surface area (Å²) in [4.78, 5) is 46.2. The number of aromatic amines is 2. The maximum Gasteiger partial charge on any atom is 0.354 e. The third kappa shape index (κ3) is 4.87. The Morgan fingerprint density at radius 1 is 1.19 bits per heavy atom. The summed E-state index contributed by atoms with van der Waals surface area (Å²) in [5.41, 5.74) is 2.04. The Balaban J connectivity index is 1.79. The highest BCUT2D eigenvalue weighted by atomic mass is 16.5. The molecule has 37 heavy (non-hydrogen) atoms. The summed E-state index contributed by atoms with van der Waals surface area (Å²) in [6, 6.07) is 6.33. The average Bonchev–Trinajstić information content (AvgIpc) is 3.57. The Labute approximate surface area is 214 Å². The number of carbonyl (C=O) groups excluding carboxylic acids is 3. The molecule has 0 spiro atoms. The fourth-order valence-corrected chi connectivity index (χ4v) is 4.80. The molecule has 1 saturated heterocycles. The third-order valence-electron chi connectivity index (χ3n) is 6.53. The number of likely N-dealkylation sites (tertiary alicyclic amines) is 1. The van der Waals surface area contributed by atoms with Crippen LogP contribution in [0, 0.1) is 13.8 Å². The minimum Gasteiger partial charge on any atom is -0.507 e. The number of hydrogen-bond donors (Lipinski definition) is 3. The number of aromatic nitrogens is 3. The lowest BCUT2D eigenvalue weighted by molar-refractivity contribution is -0.695. The largest absolute Gasteiger partial charge is 0.507 e. The average molecular weight is 508 g/mol. The number of methoxy groups -OCH3 is 1. The molecule has 3 N–H and O–H groups in total. The molecule has 2 aromatic heterocycles. The van der Waals surface area contributed by atoms with Crippen molar-refractivity contribution in [2.24, 2.45) is 0 Å². The number of hydrogen-bond acceptors (Lipinski definition) is 6. The molecule has 0 radical (unpaired) electrons. The number of aliphatic hydroxyl groups is 1. The van der Waals surface area contributed by atoms with Crippen LogP contribution in [-0.4, -0.2) is 57.9 Å². The monoisotopic (exact) mass is 507 g/mol. The van der Waals surface area contributed by atoms with Crippen LogP contribution in [0.15, 0.2) is 48.6 Å². The zero-order valence-electron chi connectivity index (χ0n) is 21.3. The van der Waals surface area contributed by atoms with E-state index in [9.17, 15) is 19.5 Å². The summed E-state index contributed by atoms with van der Waals surface area (Å²) in [6.45, 7) is 6.67. The van der Waals surface area contributed by atoms with Gasteiger partial charge in [-0.3, -0.25) is 14.6 Å². The number of rotatable bonds is 9. The second kappa shape index (κ2) is 10.7. The number of ketones is 1. The first kappa shape index (κ1) is 25.7. The van der Waals surface area contributed by atoms with Crippen LogP contribution in [0.5, 0.6) is 5.75 Å². The summed E-state index contributed by atoms with van der Waals surface area (Å²) in [6.07, 6.45) is 6.09. The zero-order valence-corrected chi connectivity index (χ0v) is 21.3. The van der Waals surface area contributed by atoms with Gasteiger partial charge in [-0.25, -0.2) is 9.36 Å². The van der Waals surface area contributed by atoms with E-state index in [1.54, 1.807) is 44.3 Å². The van der Waals surface area contributed by atoms with Crippen molar-refractivity contribution < 1.29 is 33.5 Å². The number of imidazole rings is 1. The number of aliphatic hydroxyl groups excluding tert-OH is 1. The van der Waals surface area contributed by atoms with Crippen molar-refractivity contribution in [2.45, 2.75) is 39.8 Å². The van der Waals surface area contributed by atoms with Gasteiger partial charge in [0.1, 0.15) is 29.6 Å². The molecule has 1 aliphatic heterocycles. The van der Waals surface area contributed by atoms with Gasteiger partial charge in [0, 0.05) is 24.2 Å². The molecule has 10 nitrogen and oxygen atoms in total. The number of amides is 1. The van der Waals surface area contributed by atoms with Gasteiger partial charge in [-0.1, -0.05) is 12.1 Å². The number of ether oxygens (including phenoxy) is 2. The molecule has 1 amide bonds. The minimum atomic E-state index is -0.804. The van der Waals surface area contributed by atoms with Crippen LogP contribution in [0.2, 0.25) is 0 Å². The standard InChI is InChI=1S/C27H30N4O6/c1-5-37-19-9-7-18(8-10-19)23-21(24(32)20-16(2)22(27(35)36-4)29-17(20)3)25(33)26(34)31(23)13-6-12-30-14-11-28-15-30/h7-11,14-15,23H,5-6,12-13H2,1-4H3,(H2,29,32,33,35)/p+1. The molecule has 3 heterocycles. The number of esters is 1. The van der Waals surface area contributed by atoms with Gasteiger partial charge in [0.05, 0.1) is 31.9 Å². The Kier molecular flexibility index (Phi) is 7.47. The molecule has 10 heteroatoms. The molecule has 1 unspecified atom stereocenters. The molecule has 0 aliphatic carbocycles. The van der Waals surface area contributed by atoms with Crippen molar-refractivity contribution >= 4 is 23.4 Å². The summed E-state index contributed by atoms with van der Waals surface area (Å²) >= 11 is 0. The van der Waals surface area contributed by atoms with Crippen LogP contribution in [0.3, 0.4) is 0 Å². The Hall–Kier alpha value is -4.34. The van der Waals surface area contributed by atoms with Gasteiger partial charge in [-0.15, -0.1) is 0 Å². The molecule has 3 aromatic rings. The molecular weight excluding hydrogens is 476 g/mol. The topological polar surface area (TPSA) is 129 Å². The fraction of sp³-hybridized carbons (Fsp3) is 0.333. The number of benzene rings is 1. The molecule has 0 saturated carbocycles. The third-order valence-corrected chi connectivity index (χ3v) is 6.53. The van der Waals surface area contributed by atoms with E-state index in [-0.39, 0.29) is 17.0 Å². The van der Waals surface area contributed by atoms with Gasteiger partial charge >= 0.3 is 5.97 Å². The first-order valence-electron chi connectivity index (χ1n) is 12.1. The Bertz CT molecular complexity index is 1340. The van der Waals surface area contributed by atoms with Crippen LogP contribution in [0.1, 0.15) is 52.3 Å². The van der Waals surface area contributed by atoms with Crippen LogP contribution in [0.4, 0.5) is 0 Å². The SMILES string of the molecule is CCOc1ccc(C2C(=C(O)c3c(C)[nH]c(C(=O)OC)c3C)C(=O)C(=O)N2CCC[n+]2cc[nH]c2)cc1. The van der Waals surface area contributed by atoms with E-state index in [4.69, 9.17) is 9.47 Å². The van der Waals surface area contributed by atoms with Crippen molar-refractivity contribution in [1.82, 2.24) is 14.9 Å². The van der Waals surface area contributed by atoms with E-state index in [1.165, 1.54) is 12.0 Å². The van der Waals surface area contributed by atoms with Gasteiger partial charge in [0.25, 0.3) is 11.7 Å². The number of aryl methyl sites for hydroxylation is 2. The van der Waals surface area contributed by atoms with Crippen molar-refractivity contribution in [3.63, 3.8) is 0 Å². The summed E-state index contributed by atoms with van der Waals surface area (Å²) in [7, 11) is 1.26. The molecule has 1 aromatic carbocycles. The highest BCUT2D eigenvalue weighted by Gasteiger charge is 2.46. The zero-order chi connectivity index (χ0) is 26.7. The quantitative estimate of drug-likeness (QED) is 0.134. The van der Waals surface area contributed by atoms with Crippen LogP contribution < -0.4 is 9.30 Å². The molecular formula is C27H31N4O6+. The summed E-state index contributed by atoms with van der Waals surface area (Å²) in [5.74, 6) is -1.72. The Morgan fingerprint density at radius 2 is 1.92 bits per heavy atom. The second-order valence-corrected chi connectivity index (χ2v) is 8.81. The number of H-pyrrole nitrogens is 2. The lowest BCUT2D eigenvalue weighted by Crippen LogP contribution is -2.36. The first-order chi connectivity index (χ1) is 17.8. The number of carbonyl (C=O) groups is 3. The fourth-order valence-electron chi connectivity index (χ4n) is 4.80. The van der Waals surface area contributed by atoms with Gasteiger partial charge < -0.3 is 24.5 Å². The maximum atomic E-state index is 13.3. The highest BCUT2D eigenvalue weighted by molar-refractivity contribution is 6.46. The first-order valence-corrected chi connectivity index (χ1v) is 12.1. The summed E-state index contributed by atoms with van der Waals surface area (Å²) < 4.78 is 12.3. The number of Topliss-reactive ketones (excluding diaryl/α,β-unsaturated/α-hetero) is 1. The summed E-state index contributed by atoms with van der Waals surface area (Å²) in [5, 5.41) is 11.5. The van der Waals surface area contributed by atoms with Crippen molar-refractivity contribution in [3.05, 3.63) is 76.6 Å². The van der Waals surface area contributed by atoms with E-state index in [1.807, 2.05) is 24.0 Å². The van der Waals surface area contributed by atoms with Gasteiger partial charge in [-0.2, -0.15) is 0 Å². The number of nitrogens with zero attached hydrogens (tertiary/aromatic N) is 2. The predicted molar refractivity (Wildman–Crippen MR) is 134 cm³/mol. The van der Waals surface area contributed by atoms with Crippen molar-refractivity contribution in [3.8, 4) is 5.75 Å². The Morgan fingerprint density at radius 3 is 2.54 bits per heavy atom. The smallest absolute Gasteiger partial charge is 0.354 e. The molecule has 4 rings (SSSR count). The van der Waals surface area contributed by atoms with Gasteiger partial charge in [0.2, 0.25) is 6.33 Å². The van der Waals surface area contributed by atoms with E-state index in [0.717, 1.165) is 0 Å². The van der Waals surface area contributed by atoms with Crippen LogP contribution in [-0.2, 0) is 20.9 Å². The molecule has 1 aliphatic rings. The van der Waals surface area contributed by atoms with Gasteiger partial charge in [-0.05, 0) is 44.0 Å².